The van der Waals surface area contributed by atoms with E-state index in [2.05, 4.69) is 0 Å². The summed E-state index contributed by atoms with van der Waals surface area (Å²) in [5.41, 5.74) is 0.476. The molecule has 27 heavy (non-hydrogen) atoms. The monoisotopic (exact) mass is 374 g/mol. The Hall–Kier alpha value is -2.24. The molecule has 148 valence electrons. The first kappa shape index (κ1) is 19.5. The van der Waals surface area contributed by atoms with Crippen LogP contribution in [0.2, 0.25) is 0 Å². The van der Waals surface area contributed by atoms with Gasteiger partial charge in [0, 0.05) is 25.2 Å². The van der Waals surface area contributed by atoms with E-state index in [1.807, 2.05) is 56.0 Å². The van der Waals surface area contributed by atoms with Crippen LogP contribution in [0.4, 0.5) is 9.59 Å². The number of ether oxygens (including phenoxy) is 2. The van der Waals surface area contributed by atoms with E-state index in [0.717, 1.165) is 31.2 Å². The van der Waals surface area contributed by atoms with E-state index >= 15 is 0 Å². The lowest BCUT2D eigenvalue weighted by Gasteiger charge is -2.41. The summed E-state index contributed by atoms with van der Waals surface area (Å²) in [4.78, 5) is 28.6. The first-order valence-electron chi connectivity index (χ1n) is 9.69. The summed E-state index contributed by atoms with van der Waals surface area (Å²) in [5.74, 6) is 0. The highest BCUT2D eigenvalue weighted by atomic mass is 16.6. The Morgan fingerprint density at radius 1 is 1.11 bits per heavy atom. The number of fused-ring (bicyclic) bond motifs is 2. The van der Waals surface area contributed by atoms with Gasteiger partial charge in [0.05, 0.1) is 0 Å². The predicted molar refractivity (Wildman–Crippen MR) is 102 cm³/mol. The molecule has 3 atom stereocenters. The van der Waals surface area contributed by atoms with Crippen molar-refractivity contribution in [2.24, 2.45) is 0 Å². The Balaban J connectivity index is 1.56. The van der Waals surface area contributed by atoms with Gasteiger partial charge in [-0.1, -0.05) is 30.3 Å². The smallest absolute Gasteiger partial charge is 0.410 e. The SMILES string of the molecule is CN(C(=O)OC(C)(C)C)[C@H]1C[C@H]2CC[C@@H](C1)N2C(=O)OCc1ccccc1. The highest BCUT2D eigenvalue weighted by Gasteiger charge is 2.46. The second-order valence-corrected chi connectivity index (χ2v) is 8.55. The summed E-state index contributed by atoms with van der Waals surface area (Å²) in [6.45, 7) is 5.90. The van der Waals surface area contributed by atoms with Gasteiger partial charge < -0.3 is 19.3 Å². The third kappa shape index (κ3) is 4.73. The van der Waals surface area contributed by atoms with Crippen LogP contribution in [0.25, 0.3) is 0 Å². The molecule has 6 heteroatoms. The number of hydrogen-bond donors (Lipinski definition) is 0. The maximum atomic E-state index is 12.6. The Morgan fingerprint density at radius 2 is 1.70 bits per heavy atom. The van der Waals surface area contributed by atoms with E-state index in [9.17, 15) is 9.59 Å². The molecule has 0 saturated carbocycles. The number of benzene rings is 1. The lowest BCUT2D eigenvalue weighted by atomic mass is 9.97. The standard InChI is InChI=1S/C21H30N2O4/c1-21(2,3)27-19(24)22(4)18-12-16-10-11-17(13-18)23(16)20(25)26-14-15-8-6-5-7-9-15/h5-9,16-18H,10-14H2,1-4H3/t16-,17+,18+. The normalized spacial score (nSPS) is 24.4. The Bertz CT molecular complexity index is 657. The average Bonchev–Trinajstić information content (AvgIpc) is 2.88. The molecule has 0 spiro atoms. The minimum atomic E-state index is -0.508. The van der Waals surface area contributed by atoms with Crippen molar-refractivity contribution in [3.8, 4) is 0 Å². The molecule has 3 rings (SSSR count). The van der Waals surface area contributed by atoms with Gasteiger partial charge in [0.15, 0.2) is 0 Å². The molecule has 0 unspecified atom stereocenters. The van der Waals surface area contributed by atoms with Gasteiger partial charge in [0.1, 0.15) is 12.2 Å². The zero-order chi connectivity index (χ0) is 19.6. The lowest BCUT2D eigenvalue weighted by Crippen LogP contribution is -2.53. The van der Waals surface area contributed by atoms with Gasteiger partial charge in [-0.2, -0.15) is 0 Å². The average molecular weight is 374 g/mol. The van der Waals surface area contributed by atoms with Crippen molar-refractivity contribution in [1.29, 1.82) is 0 Å². The predicted octanol–water partition coefficient (Wildman–Crippen LogP) is 4.19. The molecule has 6 nitrogen and oxygen atoms in total. The highest BCUT2D eigenvalue weighted by Crippen LogP contribution is 2.38. The van der Waals surface area contributed by atoms with E-state index in [1.54, 1.807) is 11.9 Å². The van der Waals surface area contributed by atoms with Gasteiger partial charge >= 0.3 is 12.2 Å². The zero-order valence-corrected chi connectivity index (χ0v) is 16.7. The second-order valence-electron chi connectivity index (χ2n) is 8.55. The quantitative estimate of drug-likeness (QED) is 0.796. The van der Waals surface area contributed by atoms with Crippen LogP contribution >= 0.6 is 0 Å². The topological polar surface area (TPSA) is 59.1 Å². The summed E-state index contributed by atoms with van der Waals surface area (Å²) < 4.78 is 11.0. The molecule has 2 heterocycles. The molecular weight excluding hydrogens is 344 g/mol. The van der Waals surface area contributed by atoms with Crippen molar-refractivity contribution in [2.45, 2.75) is 76.8 Å². The molecule has 1 aromatic rings. The molecular formula is C21H30N2O4. The molecule has 2 fully saturated rings. The van der Waals surface area contributed by atoms with Crippen molar-refractivity contribution in [2.75, 3.05) is 7.05 Å². The third-order valence-corrected chi connectivity index (χ3v) is 5.35. The van der Waals surface area contributed by atoms with Crippen LogP contribution in [0.1, 0.15) is 52.0 Å². The summed E-state index contributed by atoms with van der Waals surface area (Å²) in [5, 5.41) is 0. The van der Waals surface area contributed by atoms with Crippen molar-refractivity contribution in [3.05, 3.63) is 35.9 Å². The van der Waals surface area contributed by atoms with Crippen LogP contribution in [0, 0.1) is 0 Å². The summed E-state index contributed by atoms with van der Waals surface area (Å²) >= 11 is 0. The van der Waals surface area contributed by atoms with Crippen LogP contribution < -0.4 is 0 Å². The zero-order valence-electron chi connectivity index (χ0n) is 16.7. The second kappa shape index (κ2) is 7.79. The first-order valence-corrected chi connectivity index (χ1v) is 9.69. The molecule has 2 bridgehead atoms. The van der Waals surface area contributed by atoms with Gasteiger partial charge in [-0.25, -0.2) is 9.59 Å². The van der Waals surface area contributed by atoms with E-state index < -0.39 is 5.60 Å². The van der Waals surface area contributed by atoms with Crippen LogP contribution in [-0.2, 0) is 16.1 Å². The van der Waals surface area contributed by atoms with Crippen LogP contribution in [0.5, 0.6) is 0 Å². The number of nitrogens with zero attached hydrogens (tertiary/aromatic N) is 2. The van der Waals surface area contributed by atoms with Crippen molar-refractivity contribution >= 4 is 12.2 Å². The highest BCUT2D eigenvalue weighted by molar-refractivity contribution is 5.70. The van der Waals surface area contributed by atoms with Gasteiger partial charge in [0.25, 0.3) is 0 Å². The number of rotatable bonds is 3. The minimum Gasteiger partial charge on any atom is -0.445 e. The van der Waals surface area contributed by atoms with Gasteiger partial charge in [0.2, 0.25) is 0 Å². The molecule has 2 aliphatic heterocycles. The van der Waals surface area contributed by atoms with Gasteiger partial charge in [-0.15, -0.1) is 0 Å². The molecule has 1 aromatic carbocycles. The van der Waals surface area contributed by atoms with E-state index in [4.69, 9.17) is 9.47 Å². The molecule has 0 aromatic heterocycles. The van der Waals surface area contributed by atoms with Crippen LogP contribution in [-0.4, -0.2) is 52.8 Å². The number of carbonyl (C=O) groups excluding carboxylic acids is 2. The molecule has 0 N–H and O–H groups in total. The fourth-order valence-corrected chi connectivity index (χ4v) is 4.04. The molecule has 0 radical (unpaired) electrons. The molecule has 2 saturated heterocycles. The van der Waals surface area contributed by atoms with Crippen molar-refractivity contribution < 1.29 is 19.1 Å². The van der Waals surface area contributed by atoms with Crippen molar-refractivity contribution in [1.82, 2.24) is 9.80 Å². The Kier molecular flexibility index (Phi) is 5.63. The summed E-state index contributed by atoms with van der Waals surface area (Å²) in [6.07, 6.45) is 2.92. The summed E-state index contributed by atoms with van der Waals surface area (Å²) in [6, 6.07) is 10.1. The van der Waals surface area contributed by atoms with Crippen LogP contribution in [0.15, 0.2) is 30.3 Å². The minimum absolute atomic E-state index is 0.0931. The van der Waals surface area contributed by atoms with Gasteiger partial charge in [-0.3, -0.25) is 0 Å². The lowest BCUT2D eigenvalue weighted by molar-refractivity contribution is 0.00625. The number of hydrogen-bond acceptors (Lipinski definition) is 4. The number of piperidine rings is 1. The fraction of sp³-hybridized carbons (Fsp3) is 0.619. The Morgan fingerprint density at radius 3 is 2.26 bits per heavy atom. The number of carbonyl (C=O) groups is 2. The van der Waals surface area contributed by atoms with Crippen LogP contribution in [0.3, 0.4) is 0 Å². The third-order valence-electron chi connectivity index (χ3n) is 5.35. The van der Waals surface area contributed by atoms with E-state index in [-0.39, 0.29) is 36.9 Å². The van der Waals surface area contributed by atoms with E-state index in [1.165, 1.54) is 0 Å². The Labute approximate surface area is 161 Å². The van der Waals surface area contributed by atoms with Crippen molar-refractivity contribution in [3.63, 3.8) is 0 Å². The van der Waals surface area contributed by atoms with Gasteiger partial charge in [-0.05, 0) is 52.0 Å². The fourth-order valence-electron chi connectivity index (χ4n) is 4.04. The molecule has 2 aliphatic rings. The first-order chi connectivity index (χ1) is 12.7. The summed E-state index contributed by atoms with van der Waals surface area (Å²) in [7, 11) is 1.79. The maximum Gasteiger partial charge on any atom is 0.410 e. The number of amides is 2. The molecule has 2 amide bonds. The largest absolute Gasteiger partial charge is 0.445 e. The van der Waals surface area contributed by atoms with E-state index in [0.29, 0.717) is 0 Å². The molecule has 0 aliphatic carbocycles. The maximum absolute atomic E-state index is 12.6.